The van der Waals surface area contributed by atoms with E-state index in [4.69, 9.17) is 0 Å². The number of halogens is 1. The van der Waals surface area contributed by atoms with Gasteiger partial charge in [0.1, 0.15) is 0 Å². The molecular weight excluding hydrogens is 206 g/mol. The van der Waals surface area contributed by atoms with Crippen molar-refractivity contribution in [2.24, 2.45) is 0 Å². The summed E-state index contributed by atoms with van der Waals surface area (Å²) in [6.07, 6.45) is 3.63. The SMILES string of the molecule is CN(C)Cc1cnc(Br)nc1. The lowest BCUT2D eigenvalue weighted by Crippen LogP contribution is -2.10. The first-order chi connectivity index (χ1) is 5.18. The van der Waals surface area contributed by atoms with Crippen molar-refractivity contribution in [1.82, 2.24) is 14.9 Å². The van der Waals surface area contributed by atoms with Crippen LogP contribution in [-0.4, -0.2) is 29.0 Å². The predicted molar refractivity (Wildman–Crippen MR) is 47.1 cm³/mol. The summed E-state index contributed by atoms with van der Waals surface area (Å²) in [5, 5.41) is 0. The average Bonchev–Trinajstić information content (AvgIpc) is 1.93. The van der Waals surface area contributed by atoms with Crippen molar-refractivity contribution < 1.29 is 0 Å². The molecule has 0 saturated carbocycles. The minimum Gasteiger partial charge on any atom is -0.305 e. The van der Waals surface area contributed by atoms with Crippen molar-refractivity contribution in [3.05, 3.63) is 22.7 Å². The van der Waals surface area contributed by atoms with Gasteiger partial charge in [-0.1, -0.05) is 0 Å². The molecule has 0 unspecified atom stereocenters. The van der Waals surface area contributed by atoms with Gasteiger partial charge < -0.3 is 4.90 Å². The lowest BCUT2D eigenvalue weighted by molar-refractivity contribution is 0.401. The number of hydrogen-bond donors (Lipinski definition) is 0. The zero-order valence-corrected chi connectivity index (χ0v) is 8.17. The van der Waals surface area contributed by atoms with Gasteiger partial charge in [-0.05, 0) is 30.0 Å². The lowest BCUT2D eigenvalue weighted by atomic mass is 10.3. The Morgan fingerprint density at radius 3 is 2.36 bits per heavy atom. The Labute approximate surface area is 74.6 Å². The Morgan fingerprint density at radius 1 is 1.36 bits per heavy atom. The molecule has 0 aliphatic heterocycles. The third-order valence-corrected chi connectivity index (χ3v) is 1.58. The fraction of sp³-hybridized carbons (Fsp3) is 0.429. The van der Waals surface area contributed by atoms with Crippen molar-refractivity contribution in [3.8, 4) is 0 Å². The van der Waals surface area contributed by atoms with Crippen LogP contribution in [0.5, 0.6) is 0 Å². The van der Waals surface area contributed by atoms with Crippen LogP contribution in [0.1, 0.15) is 5.56 Å². The summed E-state index contributed by atoms with van der Waals surface area (Å²) in [7, 11) is 4.03. The van der Waals surface area contributed by atoms with E-state index in [9.17, 15) is 0 Å². The molecule has 0 amide bonds. The molecule has 0 aromatic carbocycles. The van der Waals surface area contributed by atoms with Gasteiger partial charge in [-0.15, -0.1) is 0 Å². The maximum absolute atomic E-state index is 4.01. The molecule has 1 heterocycles. The highest BCUT2D eigenvalue weighted by atomic mass is 79.9. The molecule has 0 atom stereocenters. The van der Waals surface area contributed by atoms with E-state index in [0.717, 1.165) is 12.1 Å². The third kappa shape index (κ3) is 2.95. The Hall–Kier alpha value is -0.480. The van der Waals surface area contributed by atoms with Crippen LogP contribution in [0.2, 0.25) is 0 Å². The molecule has 3 nitrogen and oxygen atoms in total. The van der Waals surface area contributed by atoms with Gasteiger partial charge in [-0.25, -0.2) is 9.97 Å². The average molecular weight is 216 g/mol. The Kier molecular flexibility index (Phi) is 2.96. The van der Waals surface area contributed by atoms with E-state index >= 15 is 0 Å². The van der Waals surface area contributed by atoms with Crippen molar-refractivity contribution >= 4 is 15.9 Å². The van der Waals surface area contributed by atoms with Gasteiger partial charge in [-0.2, -0.15) is 0 Å². The van der Waals surface area contributed by atoms with E-state index in [2.05, 4.69) is 30.8 Å². The molecule has 0 bridgehead atoms. The van der Waals surface area contributed by atoms with E-state index in [1.54, 1.807) is 0 Å². The summed E-state index contributed by atoms with van der Waals surface area (Å²) >= 11 is 3.18. The van der Waals surface area contributed by atoms with E-state index in [-0.39, 0.29) is 0 Å². The van der Waals surface area contributed by atoms with Crippen molar-refractivity contribution in [2.45, 2.75) is 6.54 Å². The van der Waals surface area contributed by atoms with Gasteiger partial charge in [0.2, 0.25) is 0 Å². The monoisotopic (exact) mass is 215 g/mol. The summed E-state index contributed by atoms with van der Waals surface area (Å²) in [6, 6.07) is 0. The molecular formula is C7H10BrN3. The third-order valence-electron chi connectivity index (χ3n) is 1.17. The molecule has 0 aliphatic carbocycles. The van der Waals surface area contributed by atoms with Crippen LogP contribution in [0.15, 0.2) is 17.1 Å². The smallest absolute Gasteiger partial charge is 0.196 e. The molecule has 0 spiro atoms. The fourth-order valence-electron chi connectivity index (χ4n) is 0.786. The molecule has 0 radical (unpaired) electrons. The molecule has 60 valence electrons. The Balaban J connectivity index is 2.66. The van der Waals surface area contributed by atoms with E-state index in [1.807, 2.05) is 26.5 Å². The zero-order chi connectivity index (χ0) is 8.27. The van der Waals surface area contributed by atoms with Crippen molar-refractivity contribution in [2.75, 3.05) is 14.1 Å². The molecule has 11 heavy (non-hydrogen) atoms. The second kappa shape index (κ2) is 3.78. The highest BCUT2D eigenvalue weighted by Gasteiger charge is 1.95. The molecule has 1 aromatic heterocycles. The van der Waals surface area contributed by atoms with Crippen LogP contribution >= 0.6 is 15.9 Å². The van der Waals surface area contributed by atoms with E-state index in [0.29, 0.717) is 4.73 Å². The molecule has 0 N–H and O–H groups in total. The molecule has 1 aromatic rings. The van der Waals surface area contributed by atoms with Gasteiger partial charge in [-0.3, -0.25) is 0 Å². The first kappa shape index (κ1) is 8.62. The van der Waals surface area contributed by atoms with E-state index < -0.39 is 0 Å². The Morgan fingerprint density at radius 2 is 1.91 bits per heavy atom. The van der Waals surface area contributed by atoms with Crippen LogP contribution in [0.4, 0.5) is 0 Å². The van der Waals surface area contributed by atoms with Crippen LogP contribution in [-0.2, 0) is 6.54 Å². The second-order valence-corrected chi connectivity index (χ2v) is 3.31. The van der Waals surface area contributed by atoms with E-state index in [1.165, 1.54) is 0 Å². The summed E-state index contributed by atoms with van der Waals surface area (Å²) in [5.74, 6) is 0. The second-order valence-electron chi connectivity index (χ2n) is 2.60. The Bertz CT molecular complexity index is 220. The molecule has 1 rings (SSSR count). The molecule has 0 saturated heterocycles. The van der Waals surface area contributed by atoms with Crippen molar-refractivity contribution in [1.29, 1.82) is 0 Å². The van der Waals surface area contributed by atoms with Crippen LogP contribution in [0.3, 0.4) is 0 Å². The molecule has 0 fully saturated rings. The van der Waals surface area contributed by atoms with Crippen molar-refractivity contribution in [3.63, 3.8) is 0 Å². The van der Waals surface area contributed by atoms with Gasteiger partial charge in [0.05, 0.1) is 0 Å². The number of hydrogen-bond acceptors (Lipinski definition) is 3. The van der Waals surface area contributed by atoms with Gasteiger partial charge in [0.25, 0.3) is 0 Å². The lowest BCUT2D eigenvalue weighted by Gasteiger charge is -2.07. The first-order valence-electron chi connectivity index (χ1n) is 3.29. The summed E-state index contributed by atoms with van der Waals surface area (Å²) in [4.78, 5) is 10.1. The quantitative estimate of drug-likeness (QED) is 0.697. The minimum absolute atomic E-state index is 0.639. The summed E-state index contributed by atoms with van der Waals surface area (Å²) < 4.78 is 0.639. The van der Waals surface area contributed by atoms with Gasteiger partial charge in [0.15, 0.2) is 4.73 Å². The molecule has 0 aliphatic rings. The highest BCUT2D eigenvalue weighted by Crippen LogP contribution is 2.02. The maximum Gasteiger partial charge on any atom is 0.196 e. The minimum atomic E-state index is 0.639. The maximum atomic E-state index is 4.01. The largest absolute Gasteiger partial charge is 0.305 e. The normalized spacial score (nSPS) is 10.5. The number of rotatable bonds is 2. The van der Waals surface area contributed by atoms with Crippen LogP contribution in [0, 0.1) is 0 Å². The number of aromatic nitrogens is 2. The topological polar surface area (TPSA) is 29.0 Å². The van der Waals surface area contributed by atoms with Crippen LogP contribution < -0.4 is 0 Å². The zero-order valence-electron chi connectivity index (χ0n) is 6.58. The summed E-state index contributed by atoms with van der Waals surface area (Å²) in [5.41, 5.74) is 1.12. The standard InChI is InChI=1S/C7H10BrN3/c1-11(2)5-6-3-9-7(8)10-4-6/h3-4H,5H2,1-2H3. The van der Waals surface area contributed by atoms with Crippen LogP contribution in [0.25, 0.3) is 0 Å². The summed E-state index contributed by atoms with van der Waals surface area (Å²) in [6.45, 7) is 0.882. The predicted octanol–water partition coefficient (Wildman–Crippen LogP) is 1.30. The molecule has 4 heteroatoms. The number of nitrogens with zero attached hydrogens (tertiary/aromatic N) is 3. The first-order valence-corrected chi connectivity index (χ1v) is 4.09. The van der Waals surface area contributed by atoms with Gasteiger partial charge in [0, 0.05) is 24.5 Å². The van der Waals surface area contributed by atoms with Gasteiger partial charge >= 0.3 is 0 Å². The fourth-order valence-corrected chi connectivity index (χ4v) is 0.991. The highest BCUT2D eigenvalue weighted by molar-refractivity contribution is 9.10.